The third-order valence-corrected chi connectivity index (χ3v) is 6.06. The van der Waals surface area contributed by atoms with Crippen LogP contribution in [0.5, 0.6) is 0 Å². The number of imide groups is 1. The fraction of sp³-hybridized carbons (Fsp3) is 0.167. The van der Waals surface area contributed by atoms with Gasteiger partial charge in [0.05, 0.1) is 23.6 Å². The second kappa shape index (κ2) is 9.74. The van der Waals surface area contributed by atoms with Gasteiger partial charge in [0.1, 0.15) is 5.82 Å². The molecule has 1 atom stereocenters. The van der Waals surface area contributed by atoms with Gasteiger partial charge in [-0.15, -0.1) is 11.3 Å². The van der Waals surface area contributed by atoms with Gasteiger partial charge in [-0.05, 0) is 41.3 Å². The number of carbonyl (C=O) groups excluding carboxylic acids is 4. The van der Waals surface area contributed by atoms with Gasteiger partial charge in [-0.2, -0.15) is 0 Å². The highest BCUT2D eigenvalue weighted by atomic mass is 32.1. The molecule has 1 aliphatic rings. The molecule has 1 aliphatic heterocycles. The molecular formula is C24H19FN2O5S. The Labute approximate surface area is 192 Å². The number of nitrogens with zero attached hydrogens (tertiary/aromatic N) is 1. The summed E-state index contributed by atoms with van der Waals surface area (Å²) in [6, 6.07) is 15.4. The molecule has 4 rings (SSSR count). The van der Waals surface area contributed by atoms with Gasteiger partial charge in [0, 0.05) is 11.4 Å². The van der Waals surface area contributed by atoms with E-state index in [1.807, 2.05) is 17.5 Å². The molecule has 1 aromatic heterocycles. The summed E-state index contributed by atoms with van der Waals surface area (Å²) in [5.41, 5.74) is 1.29. The smallest absolute Gasteiger partial charge is 0.308 e. The monoisotopic (exact) mass is 466 g/mol. The molecule has 3 amide bonds. The lowest BCUT2D eigenvalue weighted by Gasteiger charge is -2.18. The van der Waals surface area contributed by atoms with Gasteiger partial charge in [0.25, 0.3) is 17.7 Å². The number of hydrogen-bond donors (Lipinski definition) is 1. The molecule has 7 nitrogen and oxygen atoms in total. The van der Waals surface area contributed by atoms with E-state index in [-0.39, 0.29) is 18.8 Å². The third-order valence-electron chi connectivity index (χ3n) is 5.12. The molecule has 0 fully saturated rings. The minimum absolute atomic E-state index is 0.139. The fourth-order valence-electron chi connectivity index (χ4n) is 3.50. The number of nitrogens with one attached hydrogen (secondary N) is 1. The summed E-state index contributed by atoms with van der Waals surface area (Å²) in [7, 11) is 0. The molecule has 0 bridgehead atoms. The number of carbonyl (C=O) groups is 4. The SMILES string of the molecule is O=C(COC(=O)CCN1C(=O)c2ccccc2C1=O)NC(c1ccc(F)cc1)c1cccs1. The maximum atomic E-state index is 13.3. The fourth-order valence-corrected chi connectivity index (χ4v) is 4.30. The van der Waals surface area contributed by atoms with Crippen LogP contribution in [0.2, 0.25) is 0 Å². The highest BCUT2D eigenvalue weighted by Crippen LogP contribution is 2.26. The van der Waals surface area contributed by atoms with Crippen LogP contribution in [0.4, 0.5) is 4.39 Å². The minimum Gasteiger partial charge on any atom is -0.456 e. The zero-order chi connectivity index (χ0) is 23.4. The standard InChI is InChI=1S/C24H19FN2O5S/c25-16-9-7-15(8-10-16)22(19-6-3-13-33-19)26-20(28)14-32-21(29)11-12-27-23(30)17-4-1-2-5-18(17)24(27)31/h1-10,13,22H,11-12,14H2,(H,26,28). The van der Waals surface area contributed by atoms with Crippen molar-refractivity contribution in [2.45, 2.75) is 12.5 Å². The predicted octanol–water partition coefficient (Wildman–Crippen LogP) is 3.32. The molecule has 0 saturated heterocycles. The molecule has 0 spiro atoms. The molecule has 168 valence electrons. The van der Waals surface area contributed by atoms with E-state index in [1.165, 1.54) is 23.5 Å². The molecule has 0 radical (unpaired) electrons. The number of hydrogen-bond acceptors (Lipinski definition) is 6. The Morgan fingerprint density at radius 1 is 0.970 bits per heavy atom. The Bertz CT molecular complexity index is 1160. The van der Waals surface area contributed by atoms with E-state index in [0.717, 1.165) is 9.78 Å². The largest absolute Gasteiger partial charge is 0.456 e. The highest BCUT2D eigenvalue weighted by molar-refractivity contribution is 7.10. The van der Waals surface area contributed by atoms with E-state index < -0.39 is 36.3 Å². The van der Waals surface area contributed by atoms with Crippen LogP contribution >= 0.6 is 11.3 Å². The molecular weight excluding hydrogens is 447 g/mol. The second-order valence-electron chi connectivity index (χ2n) is 7.29. The number of thiophene rings is 1. The van der Waals surface area contributed by atoms with Crippen molar-refractivity contribution < 1.29 is 28.3 Å². The molecule has 2 aromatic carbocycles. The molecule has 1 N–H and O–H groups in total. The van der Waals surface area contributed by atoms with Crippen molar-refractivity contribution >= 4 is 35.0 Å². The summed E-state index contributed by atoms with van der Waals surface area (Å²) >= 11 is 1.43. The van der Waals surface area contributed by atoms with Crippen LogP contribution in [0, 0.1) is 5.82 Å². The molecule has 3 aromatic rings. The van der Waals surface area contributed by atoms with Crippen molar-refractivity contribution in [1.82, 2.24) is 10.2 Å². The van der Waals surface area contributed by atoms with Gasteiger partial charge in [0.15, 0.2) is 6.61 Å². The van der Waals surface area contributed by atoms with E-state index >= 15 is 0 Å². The molecule has 2 heterocycles. The number of esters is 1. The van der Waals surface area contributed by atoms with Crippen LogP contribution in [0.1, 0.15) is 43.6 Å². The molecule has 0 aliphatic carbocycles. The van der Waals surface area contributed by atoms with Crippen LogP contribution < -0.4 is 5.32 Å². The van der Waals surface area contributed by atoms with Gasteiger partial charge in [-0.3, -0.25) is 24.1 Å². The molecule has 1 unspecified atom stereocenters. The average Bonchev–Trinajstić information content (AvgIpc) is 3.43. The zero-order valence-corrected chi connectivity index (χ0v) is 18.1. The van der Waals surface area contributed by atoms with Crippen molar-refractivity contribution in [3.63, 3.8) is 0 Å². The van der Waals surface area contributed by atoms with Crippen molar-refractivity contribution in [2.24, 2.45) is 0 Å². The number of fused-ring (bicyclic) bond motifs is 1. The Morgan fingerprint density at radius 3 is 2.24 bits per heavy atom. The van der Waals surface area contributed by atoms with E-state index in [1.54, 1.807) is 36.4 Å². The maximum Gasteiger partial charge on any atom is 0.308 e. The number of ether oxygens (including phenoxy) is 1. The summed E-state index contributed by atoms with van der Waals surface area (Å²) in [5, 5.41) is 4.65. The van der Waals surface area contributed by atoms with Gasteiger partial charge < -0.3 is 10.1 Å². The van der Waals surface area contributed by atoms with Gasteiger partial charge in [-0.25, -0.2) is 4.39 Å². The van der Waals surface area contributed by atoms with Crippen LogP contribution in [0.3, 0.4) is 0 Å². The zero-order valence-electron chi connectivity index (χ0n) is 17.3. The summed E-state index contributed by atoms with van der Waals surface area (Å²) in [5.74, 6) is -2.55. The topological polar surface area (TPSA) is 92.8 Å². The Morgan fingerprint density at radius 2 is 1.64 bits per heavy atom. The number of benzene rings is 2. The summed E-state index contributed by atoms with van der Waals surface area (Å²) in [6.07, 6.45) is -0.231. The van der Waals surface area contributed by atoms with Crippen molar-refractivity contribution in [3.05, 3.63) is 93.4 Å². The summed E-state index contributed by atoms with van der Waals surface area (Å²) in [4.78, 5) is 51.1. The van der Waals surface area contributed by atoms with Gasteiger partial charge in [-0.1, -0.05) is 30.3 Å². The lowest BCUT2D eigenvalue weighted by Crippen LogP contribution is -2.34. The maximum absolute atomic E-state index is 13.3. The second-order valence-corrected chi connectivity index (χ2v) is 8.26. The molecule has 33 heavy (non-hydrogen) atoms. The molecule has 0 saturated carbocycles. The first-order valence-corrected chi connectivity index (χ1v) is 11.0. The summed E-state index contributed by atoms with van der Waals surface area (Å²) in [6.45, 7) is -0.662. The predicted molar refractivity (Wildman–Crippen MR) is 118 cm³/mol. The van der Waals surface area contributed by atoms with E-state index in [0.29, 0.717) is 16.7 Å². The first kappa shape index (κ1) is 22.3. The van der Waals surface area contributed by atoms with Crippen LogP contribution in [0.25, 0.3) is 0 Å². The Balaban J connectivity index is 1.30. The van der Waals surface area contributed by atoms with Gasteiger partial charge in [0.2, 0.25) is 0 Å². The van der Waals surface area contributed by atoms with Crippen molar-refractivity contribution in [2.75, 3.05) is 13.2 Å². The average molecular weight is 466 g/mol. The first-order valence-electron chi connectivity index (χ1n) is 10.1. The first-order chi connectivity index (χ1) is 15.9. The van der Waals surface area contributed by atoms with Crippen LogP contribution in [0.15, 0.2) is 66.0 Å². The van der Waals surface area contributed by atoms with Crippen LogP contribution in [-0.2, 0) is 14.3 Å². The number of halogens is 1. The third kappa shape index (κ3) is 4.98. The molecule has 9 heteroatoms. The minimum atomic E-state index is -0.712. The van der Waals surface area contributed by atoms with E-state index in [9.17, 15) is 23.6 Å². The quantitative estimate of drug-likeness (QED) is 0.406. The highest BCUT2D eigenvalue weighted by Gasteiger charge is 2.35. The number of rotatable bonds is 8. The summed E-state index contributed by atoms with van der Waals surface area (Å²) < 4.78 is 18.3. The van der Waals surface area contributed by atoms with Crippen molar-refractivity contribution in [1.29, 1.82) is 0 Å². The number of amides is 3. The van der Waals surface area contributed by atoms with Crippen molar-refractivity contribution in [3.8, 4) is 0 Å². The van der Waals surface area contributed by atoms with Crippen LogP contribution in [-0.4, -0.2) is 41.7 Å². The Hall–Kier alpha value is -3.85. The van der Waals surface area contributed by atoms with E-state index in [2.05, 4.69) is 5.32 Å². The Kier molecular flexibility index (Phi) is 6.60. The normalized spacial score (nSPS) is 13.5. The van der Waals surface area contributed by atoms with E-state index in [4.69, 9.17) is 4.74 Å². The lowest BCUT2D eigenvalue weighted by molar-refractivity contribution is -0.148. The van der Waals surface area contributed by atoms with Gasteiger partial charge >= 0.3 is 5.97 Å². The lowest BCUT2D eigenvalue weighted by atomic mass is 10.1.